The molecule has 1 amide bonds. The number of anilines is 1. The van der Waals surface area contributed by atoms with Crippen molar-refractivity contribution in [2.45, 2.75) is 43.3 Å². The van der Waals surface area contributed by atoms with Crippen LogP contribution in [0.4, 0.5) is 23.2 Å². The normalized spacial score (nSPS) is 16.3. The molecule has 1 aliphatic heterocycles. The third-order valence-electron chi connectivity index (χ3n) is 6.80. The molecule has 3 aromatic rings. The molecule has 1 aliphatic rings. The van der Waals surface area contributed by atoms with Crippen molar-refractivity contribution in [2.75, 3.05) is 23.7 Å². The first-order valence-corrected chi connectivity index (χ1v) is 13.9. The molecule has 4 rings (SSSR count). The summed E-state index contributed by atoms with van der Waals surface area (Å²) in [5.74, 6) is -1.06. The standard InChI is InChI=1S/C28H28F4N2O3S/c1-2-38(36,37)24-12-5-19(6-13-24)17-33-27(35)21-9-14-26(25(29)16-21)34-15-3-4-22(18-34)20-7-10-23(11-8-20)28(30,31)32/h5-14,16,22H,2-4,15,17-18H2,1H3,(H,33,35). The van der Waals surface area contributed by atoms with Crippen molar-refractivity contribution in [3.8, 4) is 0 Å². The molecule has 10 heteroatoms. The first kappa shape index (κ1) is 27.6. The van der Waals surface area contributed by atoms with Gasteiger partial charge in [0.05, 0.1) is 21.9 Å². The fraction of sp³-hybridized carbons (Fsp3) is 0.321. The van der Waals surface area contributed by atoms with E-state index in [9.17, 15) is 26.4 Å². The molecule has 0 saturated carbocycles. The second-order valence-corrected chi connectivity index (χ2v) is 11.6. The molecule has 1 unspecified atom stereocenters. The fourth-order valence-electron chi connectivity index (χ4n) is 4.58. The molecule has 1 fully saturated rings. The minimum atomic E-state index is -4.39. The summed E-state index contributed by atoms with van der Waals surface area (Å²) in [6.07, 6.45) is -2.85. The van der Waals surface area contributed by atoms with Crippen LogP contribution in [0.1, 0.15) is 52.7 Å². The van der Waals surface area contributed by atoms with Gasteiger partial charge < -0.3 is 10.2 Å². The third kappa shape index (κ3) is 6.35. The van der Waals surface area contributed by atoms with Crippen molar-refractivity contribution in [1.29, 1.82) is 0 Å². The van der Waals surface area contributed by atoms with Gasteiger partial charge in [-0.1, -0.05) is 31.2 Å². The number of halogens is 4. The number of nitrogens with one attached hydrogen (secondary N) is 1. The zero-order valence-electron chi connectivity index (χ0n) is 20.8. The van der Waals surface area contributed by atoms with E-state index in [1.165, 1.54) is 36.4 Å². The number of hydrogen-bond acceptors (Lipinski definition) is 4. The van der Waals surface area contributed by atoms with Crippen molar-refractivity contribution in [3.05, 3.63) is 94.8 Å². The Morgan fingerprint density at radius 1 is 1.03 bits per heavy atom. The first-order valence-electron chi connectivity index (χ1n) is 12.3. The van der Waals surface area contributed by atoms with E-state index in [-0.39, 0.29) is 28.7 Å². The summed E-state index contributed by atoms with van der Waals surface area (Å²) in [7, 11) is -3.31. The van der Waals surface area contributed by atoms with Crippen molar-refractivity contribution >= 4 is 21.4 Å². The van der Waals surface area contributed by atoms with Gasteiger partial charge in [0.1, 0.15) is 5.82 Å². The monoisotopic (exact) mass is 548 g/mol. The van der Waals surface area contributed by atoms with E-state index in [1.807, 2.05) is 4.90 Å². The molecule has 0 radical (unpaired) electrons. The summed E-state index contributed by atoms with van der Waals surface area (Å²) >= 11 is 0. The molecule has 0 spiro atoms. The average Bonchev–Trinajstić information content (AvgIpc) is 2.91. The largest absolute Gasteiger partial charge is 0.416 e. The lowest BCUT2D eigenvalue weighted by Gasteiger charge is -2.35. The summed E-state index contributed by atoms with van der Waals surface area (Å²) in [6, 6.07) is 15.6. The van der Waals surface area contributed by atoms with Crippen LogP contribution in [0.5, 0.6) is 0 Å². The topological polar surface area (TPSA) is 66.5 Å². The van der Waals surface area contributed by atoms with Gasteiger partial charge >= 0.3 is 6.18 Å². The second-order valence-electron chi connectivity index (χ2n) is 9.30. The average molecular weight is 549 g/mol. The summed E-state index contributed by atoms with van der Waals surface area (Å²) in [4.78, 5) is 14.7. The predicted octanol–water partition coefficient (Wildman–Crippen LogP) is 5.95. The minimum Gasteiger partial charge on any atom is -0.369 e. The second kappa shape index (κ2) is 11.1. The van der Waals surface area contributed by atoms with Crippen LogP contribution >= 0.6 is 0 Å². The van der Waals surface area contributed by atoms with Crippen LogP contribution in [-0.4, -0.2) is 33.2 Å². The van der Waals surface area contributed by atoms with Crippen LogP contribution in [-0.2, 0) is 22.6 Å². The molecule has 5 nitrogen and oxygen atoms in total. The third-order valence-corrected chi connectivity index (χ3v) is 8.55. The van der Waals surface area contributed by atoms with Crippen LogP contribution in [0.25, 0.3) is 0 Å². The van der Waals surface area contributed by atoms with Crippen LogP contribution in [0.2, 0.25) is 0 Å². The fourth-order valence-corrected chi connectivity index (χ4v) is 5.47. The Bertz CT molecular complexity index is 1390. The van der Waals surface area contributed by atoms with Crippen molar-refractivity contribution in [2.24, 2.45) is 0 Å². The van der Waals surface area contributed by atoms with Gasteiger partial charge in [0.25, 0.3) is 5.91 Å². The van der Waals surface area contributed by atoms with Crippen LogP contribution in [0, 0.1) is 5.82 Å². The predicted molar refractivity (Wildman–Crippen MR) is 137 cm³/mol. The van der Waals surface area contributed by atoms with Gasteiger partial charge in [0.2, 0.25) is 0 Å². The molecule has 202 valence electrons. The number of nitrogens with zero attached hydrogens (tertiary/aromatic N) is 1. The zero-order valence-corrected chi connectivity index (χ0v) is 21.6. The molecule has 38 heavy (non-hydrogen) atoms. The molecular weight excluding hydrogens is 520 g/mol. The highest BCUT2D eigenvalue weighted by Gasteiger charge is 2.31. The van der Waals surface area contributed by atoms with E-state index in [0.29, 0.717) is 24.3 Å². The highest BCUT2D eigenvalue weighted by Crippen LogP contribution is 2.34. The molecule has 0 aliphatic carbocycles. The summed E-state index contributed by atoms with van der Waals surface area (Å²) in [6.45, 7) is 2.77. The molecule has 0 aromatic heterocycles. The van der Waals surface area contributed by atoms with E-state index >= 15 is 4.39 Å². The molecule has 0 bridgehead atoms. The van der Waals surface area contributed by atoms with Crippen molar-refractivity contribution in [1.82, 2.24) is 5.32 Å². The molecular formula is C28H28F4N2O3S. The zero-order chi connectivity index (χ0) is 27.5. The Hall–Kier alpha value is -3.40. The Kier molecular flexibility index (Phi) is 8.10. The van der Waals surface area contributed by atoms with Crippen LogP contribution in [0.3, 0.4) is 0 Å². The van der Waals surface area contributed by atoms with E-state index in [2.05, 4.69) is 5.32 Å². The lowest BCUT2D eigenvalue weighted by atomic mass is 9.89. The Balaban J connectivity index is 1.39. The molecule has 1 heterocycles. The SMILES string of the molecule is CCS(=O)(=O)c1ccc(CNC(=O)c2ccc(N3CCCC(c4ccc(C(F)(F)F)cc4)C3)c(F)c2)cc1. The minimum absolute atomic E-state index is 0.00220. The van der Waals surface area contributed by atoms with E-state index in [1.54, 1.807) is 25.1 Å². The lowest BCUT2D eigenvalue weighted by molar-refractivity contribution is -0.137. The van der Waals surface area contributed by atoms with Gasteiger partial charge in [-0.2, -0.15) is 13.2 Å². The Labute approximate surface area is 219 Å². The van der Waals surface area contributed by atoms with Crippen molar-refractivity contribution in [3.63, 3.8) is 0 Å². The van der Waals surface area contributed by atoms with E-state index in [0.717, 1.165) is 30.5 Å². The molecule has 1 N–H and O–H groups in total. The van der Waals surface area contributed by atoms with E-state index < -0.39 is 33.3 Å². The number of amides is 1. The van der Waals surface area contributed by atoms with Crippen LogP contribution < -0.4 is 10.2 Å². The number of hydrogen-bond donors (Lipinski definition) is 1. The smallest absolute Gasteiger partial charge is 0.369 e. The molecule has 1 atom stereocenters. The molecule has 1 saturated heterocycles. The van der Waals surface area contributed by atoms with Gasteiger partial charge in [-0.15, -0.1) is 0 Å². The maximum Gasteiger partial charge on any atom is 0.416 e. The van der Waals surface area contributed by atoms with E-state index in [4.69, 9.17) is 0 Å². The molecule has 3 aromatic carbocycles. The Morgan fingerprint density at radius 3 is 2.32 bits per heavy atom. The van der Waals surface area contributed by atoms with Crippen LogP contribution in [0.15, 0.2) is 71.6 Å². The number of benzene rings is 3. The van der Waals surface area contributed by atoms with Gasteiger partial charge in [-0.05, 0) is 66.4 Å². The number of alkyl halides is 3. The Morgan fingerprint density at radius 2 is 1.71 bits per heavy atom. The number of rotatable bonds is 7. The highest BCUT2D eigenvalue weighted by molar-refractivity contribution is 7.91. The number of carbonyl (C=O) groups is 1. The van der Waals surface area contributed by atoms with Gasteiger partial charge in [-0.3, -0.25) is 4.79 Å². The quantitative estimate of drug-likeness (QED) is 0.371. The summed E-state index contributed by atoms with van der Waals surface area (Å²) in [5, 5.41) is 2.71. The van der Waals surface area contributed by atoms with Gasteiger partial charge in [0, 0.05) is 31.1 Å². The number of sulfone groups is 1. The number of piperidine rings is 1. The maximum atomic E-state index is 15.1. The number of carbonyl (C=O) groups excluding carboxylic acids is 1. The highest BCUT2D eigenvalue weighted by atomic mass is 32.2. The maximum absolute atomic E-state index is 15.1. The first-order chi connectivity index (χ1) is 18.0. The van der Waals surface area contributed by atoms with Gasteiger partial charge in [-0.25, -0.2) is 12.8 Å². The summed E-state index contributed by atoms with van der Waals surface area (Å²) in [5.41, 5.74) is 1.27. The lowest BCUT2D eigenvalue weighted by Crippen LogP contribution is -2.35. The van der Waals surface area contributed by atoms with Gasteiger partial charge in [0.15, 0.2) is 9.84 Å². The van der Waals surface area contributed by atoms with Crippen molar-refractivity contribution < 1.29 is 30.8 Å². The summed E-state index contributed by atoms with van der Waals surface area (Å²) < 4.78 is 77.6.